The third-order valence-corrected chi connectivity index (χ3v) is 5.15. The second-order valence-corrected chi connectivity index (χ2v) is 7.06. The maximum absolute atomic E-state index is 11.9. The average molecular weight is 379 g/mol. The van der Waals surface area contributed by atoms with Crippen LogP contribution in [-0.4, -0.2) is 38.9 Å². The quantitative estimate of drug-likeness (QED) is 0.522. The minimum absolute atomic E-state index is 0.0993. The van der Waals surface area contributed by atoms with Crippen molar-refractivity contribution in [1.82, 2.24) is 14.9 Å². The van der Waals surface area contributed by atoms with Gasteiger partial charge in [-0.15, -0.1) is 0 Å². The van der Waals surface area contributed by atoms with Crippen LogP contribution in [0.25, 0.3) is 10.9 Å². The first-order chi connectivity index (χ1) is 13.6. The number of benzene rings is 2. The molecule has 2 heterocycles. The van der Waals surface area contributed by atoms with E-state index in [0.717, 1.165) is 32.5 Å². The Morgan fingerprint density at radius 1 is 1.21 bits per heavy atom. The van der Waals surface area contributed by atoms with E-state index < -0.39 is 4.92 Å². The summed E-state index contributed by atoms with van der Waals surface area (Å²) in [4.78, 5) is 31.9. The SMILES string of the molecule is O=c1[nH]cnc2cc(NC3CCN(Cc4ccccc4)CC3)c([N+](=O)[O-])cc12. The number of aromatic nitrogens is 2. The highest BCUT2D eigenvalue weighted by atomic mass is 16.6. The summed E-state index contributed by atoms with van der Waals surface area (Å²) in [5.41, 5.74) is 1.66. The molecule has 1 saturated heterocycles. The summed E-state index contributed by atoms with van der Waals surface area (Å²) in [7, 11) is 0. The Bertz CT molecular complexity index is 1040. The van der Waals surface area contributed by atoms with Gasteiger partial charge >= 0.3 is 0 Å². The molecule has 8 nitrogen and oxygen atoms in total. The number of nitrogens with zero attached hydrogens (tertiary/aromatic N) is 3. The Morgan fingerprint density at radius 3 is 2.68 bits per heavy atom. The van der Waals surface area contributed by atoms with Crippen LogP contribution in [0.5, 0.6) is 0 Å². The zero-order valence-corrected chi connectivity index (χ0v) is 15.3. The number of hydrogen-bond acceptors (Lipinski definition) is 6. The highest BCUT2D eigenvalue weighted by Gasteiger charge is 2.23. The van der Waals surface area contributed by atoms with E-state index in [1.165, 1.54) is 18.0 Å². The van der Waals surface area contributed by atoms with Crippen molar-refractivity contribution in [2.45, 2.75) is 25.4 Å². The molecule has 0 radical (unpaired) electrons. The van der Waals surface area contributed by atoms with Crippen LogP contribution >= 0.6 is 0 Å². The maximum Gasteiger partial charge on any atom is 0.293 e. The van der Waals surface area contributed by atoms with Crippen molar-refractivity contribution in [3.05, 3.63) is 74.8 Å². The highest BCUT2D eigenvalue weighted by Crippen LogP contribution is 2.30. The molecule has 0 bridgehead atoms. The number of H-pyrrole nitrogens is 1. The van der Waals surface area contributed by atoms with Gasteiger partial charge in [-0.25, -0.2) is 4.98 Å². The smallest absolute Gasteiger partial charge is 0.293 e. The van der Waals surface area contributed by atoms with Crippen LogP contribution in [-0.2, 0) is 6.54 Å². The molecule has 1 fully saturated rings. The number of nitrogens with one attached hydrogen (secondary N) is 2. The molecule has 0 atom stereocenters. The van der Waals surface area contributed by atoms with Gasteiger partial charge in [0.25, 0.3) is 11.2 Å². The van der Waals surface area contributed by atoms with E-state index in [0.29, 0.717) is 11.2 Å². The number of piperidine rings is 1. The molecular formula is C20H21N5O3. The fourth-order valence-electron chi connectivity index (χ4n) is 3.67. The van der Waals surface area contributed by atoms with E-state index in [1.807, 2.05) is 18.2 Å². The largest absolute Gasteiger partial charge is 0.377 e. The average Bonchev–Trinajstić information content (AvgIpc) is 2.70. The first kappa shape index (κ1) is 18.1. The van der Waals surface area contributed by atoms with Gasteiger partial charge in [-0.05, 0) is 24.5 Å². The lowest BCUT2D eigenvalue weighted by Crippen LogP contribution is -2.38. The fraction of sp³-hybridized carbons (Fsp3) is 0.300. The molecule has 2 N–H and O–H groups in total. The lowest BCUT2D eigenvalue weighted by Gasteiger charge is -2.32. The number of aromatic amines is 1. The zero-order chi connectivity index (χ0) is 19.5. The first-order valence-corrected chi connectivity index (χ1v) is 9.29. The summed E-state index contributed by atoms with van der Waals surface area (Å²) in [5, 5.41) is 15.0. The highest BCUT2D eigenvalue weighted by molar-refractivity contribution is 5.86. The van der Waals surface area contributed by atoms with Crippen molar-refractivity contribution in [2.24, 2.45) is 0 Å². The second-order valence-electron chi connectivity index (χ2n) is 7.06. The molecule has 3 aromatic rings. The minimum Gasteiger partial charge on any atom is -0.377 e. The third kappa shape index (κ3) is 3.86. The van der Waals surface area contributed by atoms with Crippen LogP contribution < -0.4 is 10.9 Å². The molecular weight excluding hydrogens is 358 g/mol. The van der Waals surface area contributed by atoms with Crippen molar-refractivity contribution in [3.63, 3.8) is 0 Å². The van der Waals surface area contributed by atoms with E-state index in [4.69, 9.17) is 0 Å². The molecule has 144 valence electrons. The van der Waals surface area contributed by atoms with Crippen LogP contribution in [0.2, 0.25) is 0 Å². The summed E-state index contributed by atoms with van der Waals surface area (Å²) in [6, 6.07) is 13.4. The van der Waals surface area contributed by atoms with Crippen LogP contribution in [0.3, 0.4) is 0 Å². The molecule has 4 rings (SSSR count). The zero-order valence-electron chi connectivity index (χ0n) is 15.3. The molecule has 0 unspecified atom stereocenters. The third-order valence-electron chi connectivity index (χ3n) is 5.15. The number of nitro benzene ring substituents is 1. The molecule has 28 heavy (non-hydrogen) atoms. The maximum atomic E-state index is 11.9. The first-order valence-electron chi connectivity index (χ1n) is 9.29. The number of hydrogen-bond donors (Lipinski definition) is 2. The molecule has 0 spiro atoms. The van der Waals surface area contributed by atoms with Crippen LogP contribution in [0.15, 0.2) is 53.6 Å². The van der Waals surface area contributed by atoms with Gasteiger partial charge in [0.15, 0.2) is 0 Å². The number of rotatable bonds is 5. The molecule has 1 aliphatic heterocycles. The van der Waals surface area contributed by atoms with E-state index in [9.17, 15) is 14.9 Å². The van der Waals surface area contributed by atoms with Gasteiger partial charge in [-0.1, -0.05) is 30.3 Å². The Morgan fingerprint density at radius 2 is 1.96 bits per heavy atom. The Balaban J connectivity index is 1.47. The van der Waals surface area contributed by atoms with Gasteiger partial charge < -0.3 is 10.3 Å². The van der Waals surface area contributed by atoms with Crippen LogP contribution in [0, 0.1) is 10.1 Å². The van der Waals surface area contributed by atoms with Crippen molar-refractivity contribution in [3.8, 4) is 0 Å². The minimum atomic E-state index is -0.460. The Labute approximate surface area is 161 Å². The molecule has 0 saturated carbocycles. The molecule has 8 heteroatoms. The Hall–Kier alpha value is -3.26. The summed E-state index contributed by atoms with van der Waals surface area (Å²) >= 11 is 0. The van der Waals surface area contributed by atoms with Crippen molar-refractivity contribution in [2.75, 3.05) is 18.4 Å². The van der Waals surface area contributed by atoms with Gasteiger partial charge in [-0.3, -0.25) is 19.8 Å². The molecule has 2 aromatic carbocycles. The van der Waals surface area contributed by atoms with Gasteiger partial charge in [0, 0.05) is 31.7 Å². The molecule has 1 aliphatic rings. The van der Waals surface area contributed by atoms with E-state index in [-0.39, 0.29) is 22.7 Å². The number of anilines is 1. The van der Waals surface area contributed by atoms with Crippen molar-refractivity contribution >= 4 is 22.3 Å². The molecule has 1 aromatic heterocycles. The summed E-state index contributed by atoms with van der Waals surface area (Å²) in [6.07, 6.45) is 3.10. The number of fused-ring (bicyclic) bond motifs is 1. The van der Waals surface area contributed by atoms with Gasteiger partial charge in [0.2, 0.25) is 0 Å². The lowest BCUT2D eigenvalue weighted by molar-refractivity contribution is -0.383. The lowest BCUT2D eigenvalue weighted by atomic mass is 10.0. The topological polar surface area (TPSA) is 104 Å². The van der Waals surface area contributed by atoms with Crippen LogP contribution in [0.4, 0.5) is 11.4 Å². The van der Waals surface area contributed by atoms with Gasteiger partial charge in [0.1, 0.15) is 5.69 Å². The van der Waals surface area contributed by atoms with E-state index in [2.05, 4.69) is 32.3 Å². The standard InChI is InChI=1S/C20H21N5O3/c26-20-16-10-19(25(27)28)18(11-17(16)21-13-22-20)23-15-6-8-24(9-7-15)12-14-4-2-1-3-5-14/h1-5,10-11,13,15,23H,6-9,12H2,(H,21,22,26). The van der Waals surface area contributed by atoms with Crippen LogP contribution in [0.1, 0.15) is 18.4 Å². The van der Waals surface area contributed by atoms with Crippen molar-refractivity contribution in [1.29, 1.82) is 0 Å². The van der Waals surface area contributed by atoms with Gasteiger partial charge in [0.05, 0.1) is 22.2 Å². The fourth-order valence-corrected chi connectivity index (χ4v) is 3.67. The summed E-state index contributed by atoms with van der Waals surface area (Å²) < 4.78 is 0. The predicted octanol–water partition coefficient (Wildman–Crippen LogP) is 2.91. The van der Waals surface area contributed by atoms with E-state index in [1.54, 1.807) is 6.07 Å². The summed E-state index contributed by atoms with van der Waals surface area (Å²) in [6.45, 7) is 2.76. The molecule has 0 aliphatic carbocycles. The second kappa shape index (κ2) is 7.77. The normalized spacial score (nSPS) is 15.6. The predicted molar refractivity (Wildman–Crippen MR) is 107 cm³/mol. The number of nitro groups is 1. The molecule has 0 amide bonds. The Kier molecular flexibility index (Phi) is 5.03. The van der Waals surface area contributed by atoms with Gasteiger partial charge in [-0.2, -0.15) is 0 Å². The monoisotopic (exact) mass is 379 g/mol. The summed E-state index contributed by atoms with van der Waals surface area (Å²) in [5.74, 6) is 0. The van der Waals surface area contributed by atoms with E-state index >= 15 is 0 Å². The number of likely N-dealkylation sites (tertiary alicyclic amines) is 1. The van der Waals surface area contributed by atoms with Crippen molar-refractivity contribution < 1.29 is 4.92 Å².